The summed E-state index contributed by atoms with van der Waals surface area (Å²) in [6, 6.07) is 6.59. The fourth-order valence-electron chi connectivity index (χ4n) is 1.57. The topological polar surface area (TPSA) is 35.5 Å². The van der Waals surface area contributed by atoms with Crippen LogP contribution in [0, 0.1) is 5.82 Å². The van der Waals surface area contributed by atoms with Crippen LogP contribution in [0.1, 0.15) is 10.4 Å². The molecule has 0 atom stereocenters. The van der Waals surface area contributed by atoms with E-state index in [0.717, 1.165) is 0 Å². The molecule has 0 unspecified atom stereocenters. The van der Waals surface area contributed by atoms with Crippen LogP contribution in [-0.4, -0.2) is 13.4 Å². The zero-order valence-electron chi connectivity index (χ0n) is 10.3. The highest BCUT2D eigenvalue weighted by Gasteiger charge is 2.12. The van der Waals surface area contributed by atoms with Crippen LogP contribution < -0.4 is 9.47 Å². The standard InChI is InChI=1S/C14H9Cl2FO3/c1-19-14-5-9(17)2-3-12(14)20-13-6-11(16)10(15)4-8(13)7-18/h2-7H,1H3. The molecule has 0 saturated carbocycles. The average Bonchev–Trinajstić information content (AvgIpc) is 2.44. The normalized spacial score (nSPS) is 10.2. The number of hydrogen-bond acceptors (Lipinski definition) is 3. The van der Waals surface area contributed by atoms with Gasteiger partial charge in [-0.3, -0.25) is 4.79 Å². The van der Waals surface area contributed by atoms with Crippen LogP contribution in [0.25, 0.3) is 0 Å². The minimum atomic E-state index is -0.459. The van der Waals surface area contributed by atoms with Crippen LogP contribution in [0.5, 0.6) is 17.2 Å². The molecule has 2 aromatic carbocycles. The van der Waals surface area contributed by atoms with Gasteiger partial charge in [0.05, 0.1) is 22.7 Å². The summed E-state index contributed by atoms with van der Waals surface area (Å²) in [7, 11) is 1.39. The molecule has 0 radical (unpaired) electrons. The number of hydrogen-bond donors (Lipinski definition) is 0. The summed E-state index contributed by atoms with van der Waals surface area (Å²) < 4.78 is 23.7. The minimum absolute atomic E-state index is 0.202. The van der Waals surface area contributed by atoms with Crippen LogP contribution in [0.15, 0.2) is 30.3 Å². The van der Waals surface area contributed by atoms with Crippen molar-refractivity contribution < 1.29 is 18.7 Å². The predicted octanol–water partition coefficient (Wildman–Crippen LogP) is 4.75. The smallest absolute Gasteiger partial charge is 0.169 e. The van der Waals surface area contributed by atoms with Gasteiger partial charge in [-0.1, -0.05) is 23.2 Å². The highest BCUT2D eigenvalue weighted by molar-refractivity contribution is 6.42. The molecule has 0 aliphatic heterocycles. The van der Waals surface area contributed by atoms with Gasteiger partial charge < -0.3 is 9.47 Å². The second-order valence-electron chi connectivity index (χ2n) is 3.82. The lowest BCUT2D eigenvalue weighted by Gasteiger charge is -2.12. The van der Waals surface area contributed by atoms with E-state index in [-0.39, 0.29) is 32.9 Å². The van der Waals surface area contributed by atoms with Gasteiger partial charge in [-0.2, -0.15) is 0 Å². The van der Waals surface area contributed by atoms with Crippen molar-refractivity contribution in [2.75, 3.05) is 7.11 Å². The minimum Gasteiger partial charge on any atom is -0.493 e. The summed E-state index contributed by atoms with van der Waals surface area (Å²) in [6.07, 6.45) is 0.591. The summed E-state index contributed by atoms with van der Waals surface area (Å²) in [5.74, 6) is 0.210. The van der Waals surface area contributed by atoms with E-state index in [1.807, 2.05) is 0 Å². The second kappa shape index (κ2) is 6.11. The predicted molar refractivity (Wildman–Crippen MR) is 74.9 cm³/mol. The Morgan fingerprint density at radius 3 is 2.40 bits per heavy atom. The van der Waals surface area contributed by atoms with Gasteiger partial charge in [0.1, 0.15) is 11.6 Å². The quantitative estimate of drug-likeness (QED) is 0.764. The summed E-state index contributed by atoms with van der Waals surface area (Å²) in [5.41, 5.74) is 0.228. The average molecular weight is 315 g/mol. The van der Waals surface area contributed by atoms with E-state index in [9.17, 15) is 9.18 Å². The van der Waals surface area contributed by atoms with Crippen LogP contribution in [0.4, 0.5) is 4.39 Å². The maximum Gasteiger partial charge on any atom is 0.169 e. The summed E-state index contributed by atoms with van der Waals surface area (Å²) in [6.45, 7) is 0. The van der Waals surface area contributed by atoms with E-state index in [0.29, 0.717) is 6.29 Å². The number of rotatable bonds is 4. The molecule has 0 aromatic heterocycles. The van der Waals surface area contributed by atoms with E-state index < -0.39 is 5.82 Å². The molecule has 0 aliphatic carbocycles. The third-order valence-electron chi connectivity index (χ3n) is 2.53. The molecule has 0 N–H and O–H groups in total. The van der Waals surface area contributed by atoms with Gasteiger partial charge >= 0.3 is 0 Å². The molecular formula is C14H9Cl2FO3. The Kier molecular flexibility index (Phi) is 4.47. The Hall–Kier alpha value is -1.78. The van der Waals surface area contributed by atoms with Crippen LogP contribution in [-0.2, 0) is 0 Å². The Balaban J connectivity index is 2.44. The number of aldehydes is 1. The number of ether oxygens (including phenoxy) is 2. The third kappa shape index (κ3) is 3.03. The number of carbonyl (C=O) groups is 1. The lowest BCUT2D eigenvalue weighted by Crippen LogP contribution is -1.94. The van der Waals surface area contributed by atoms with Crippen molar-refractivity contribution in [2.45, 2.75) is 0 Å². The largest absolute Gasteiger partial charge is 0.493 e. The molecule has 6 heteroatoms. The second-order valence-corrected chi connectivity index (χ2v) is 4.63. The van der Waals surface area contributed by atoms with Crippen molar-refractivity contribution >= 4 is 29.5 Å². The molecule has 104 valence electrons. The number of benzene rings is 2. The molecule has 0 heterocycles. The number of halogens is 3. The van der Waals surface area contributed by atoms with Gasteiger partial charge in [0.2, 0.25) is 0 Å². The highest BCUT2D eigenvalue weighted by Crippen LogP contribution is 2.36. The van der Waals surface area contributed by atoms with Crippen LogP contribution in [0.2, 0.25) is 10.0 Å². The van der Waals surface area contributed by atoms with Crippen molar-refractivity contribution in [1.29, 1.82) is 0 Å². The van der Waals surface area contributed by atoms with E-state index in [2.05, 4.69) is 0 Å². The first-order valence-electron chi connectivity index (χ1n) is 5.50. The Bertz CT molecular complexity index is 659. The Morgan fingerprint density at radius 2 is 1.75 bits per heavy atom. The number of methoxy groups -OCH3 is 1. The molecule has 0 saturated heterocycles. The summed E-state index contributed by atoms with van der Waals surface area (Å²) >= 11 is 11.7. The van der Waals surface area contributed by atoms with E-state index >= 15 is 0 Å². The third-order valence-corrected chi connectivity index (χ3v) is 3.25. The fourth-order valence-corrected chi connectivity index (χ4v) is 1.89. The lowest BCUT2D eigenvalue weighted by atomic mass is 10.2. The first-order chi connectivity index (χ1) is 9.55. The highest BCUT2D eigenvalue weighted by atomic mass is 35.5. The van der Waals surface area contributed by atoms with Gasteiger partial charge in [0, 0.05) is 12.1 Å². The molecule has 0 spiro atoms. The van der Waals surface area contributed by atoms with Crippen LogP contribution >= 0.6 is 23.2 Å². The summed E-state index contributed by atoms with van der Waals surface area (Å²) in [4.78, 5) is 11.0. The Morgan fingerprint density at radius 1 is 1.05 bits per heavy atom. The number of carbonyl (C=O) groups excluding carboxylic acids is 1. The van der Waals surface area contributed by atoms with Gasteiger partial charge in [-0.15, -0.1) is 0 Å². The molecule has 2 rings (SSSR count). The van der Waals surface area contributed by atoms with E-state index in [4.69, 9.17) is 32.7 Å². The van der Waals surface area contributed by atoms with Gasteiger partial charge in [-0.25, -0.2) is 4.39 Å². The maximum absolute atomic E-state index is 13.1. The molecule has 0 bridgehead atoms. The molecule has 0 aliphatic rings. The van der Waals surface area contributed by atoms with Gasteiger partial charge in [-0.05, 0) is 18.2 Å². The summed E-state index contributed by atoms with van der Waals surface area (Å²) in [5, 5.41) is 0.487. The Labute approximate surface area is 124 Å². The maximum atomic E-state index is 13.1. The monoisotopic (exact) mass is 314 g/mol. The van der Waals surface area contributed by atoms with E-state index in [1.54, 1.807) is 0 Å². The van der Waals surface area contributed by atoms with Crippen molar-refractivity contribution in [3.05, 3.63) is 51.8 Å². The van der Waals surface area contributed by atoms with Crippen LogP contribution in [0.3, 0.4) is 0 Å². The SMILES string of the molecule is COc1cc(F)ccc1Oc1cc(Cl)c(Cl)cc1C=O. The van der Waals surface area contributed by atoms with Crippen molar-refractivity contribution in [3.63, 3.8) is 0 Å². The molecule has 0 fully saturated rings. The first kappa shape index (κ1) is 14.6. The van der Waals surface area contributed by atoms with Gasteiger partial charge in [0.25, 0.3) is 0 Å². The van der Waals surface area contributed by atoms with E-state index in [1.165, 1.54) is 37.4 Å². The fraction of sp³-hybridized carbons (Fsp3) is 0.0714. The molecule has 0 amide bonds. The van der Waals surface area contributed by atoms with Crippen molar-refractivity contribution in [2.24, 2.45) is 0 Å². The molecule has 2 aromatic rings. The van der Waals surface area contributed by atoms with Crippen molar-refractivity contribution in [3.8, 4) is 17.2 Å². The zero-order valence-corrected chi connectivity index (χ0v) is 11.8. The lowest BCUT2D eigenvalue weighted by molar-refractivity contribution is 0.112. The molecule has 20 heavy (non-hydrogen) atoms. The van der Waals surface area contributed by atoms with Crippen molar-refractivity contribution in [1.82, 2.24) is 0 Å². The van der Waals surface area contributed by atoms with Gasteiger partial charge in [0.15, 0.2) is 17.8 Å². The zero-order chi connectivity index (χ0) is 14.7. The first-order valence-corrected chi connectivity index (χ1v) is 6.26. The molecule has 3 nitrogen and oxygen atoms in total. The molecular weight excluding hydrogens is 306 g/mol.